The third-order valence-electron chi connectivity index (χ3n) is 5.09. The van der Waals surface area contributed by atoms with E-state index < -0.39 is 22.0 Å². The lowest BCUT2D eigenvalue weighted by atomic mass is 9.98. The predicted molar refractivity (Wildman–Crippen MR) is 118 cm³/mol. The molecule has 166 valence electrons. The smallest absolute Gasteiger partial charge is 0.411 e. The Labute approximate surface area is 182 Å². The Balaban J connectivity index is 1.62. The quantitative estimate of drug-likeness (QED) is 0.707. The lowest BCUT2D eigenvalue weighted by molar-refractivity contribution is -0.120. The third-order valence-corrected chi connectivity index (χ3v) is 6.97. The van der Waals surface area contributed by atoms with Gasteiger partial charge in [0.25, 0.3) is 0 Å². The Morgan fingerprint density at radius 3 is 2.26 bits per heavy atom. The van der Waals surface area contributed by atoms with Crippen molar-refractivity contribution in [2.45, 2.75) is 31.6 Å². The van der Waals surface area contributed by atoms with Gasteiger partial charge < -0.3 is 10.1 Å². The molecule has 2 aromatic rings. The topological polar surface area (TPSA) is 105 Å². The van der Waals surface area contributed by atoms with Crippen LogP contribution in [-0.2, 0) is 19.6 Å². The van der Waals surface area contributed by atoms with Crippen LogP contribution in [0.1, 0.15) is 25.3 Å². The van der Waals surface area contributed by atoms with Crippen LogP contribution >= 0.6 is 0 Å². The minimum atomic E-state index is -3.64. The molecule has 1 saturated heterocycles. The second-order valence-electron chi connectivity index (χ2n) is 7.43. The number of piperidine rings is 1. The fourth-order valence-electron chi connectivity index (χ4n) is 3.40. The van der Waals surface area contributed by atoms with E-state index in [2.05, 4.69) is 10.6 Å². The van der Waals surface area contributed by atoms with E-state index in [4.69, 9.17) is 4.74 Å². The molecule has 0 aromatic heterocycles. The van der Waals surface area contributed by atoms with Crippen LogP contribution in [0.25, 0.3) is 0 Å². The maximum atomic E-state index is 12.9. The van der Waals surface area contributed by atoms with Gasteiger partial charge in [-0.25, -0.2) is 13.2 Å². The highest BCUT2D eigenvalue weighted by molar-refractivity contribution is 7.89. The van der Waals surface area contributed by atoms with Gasteiger partial charge in [-0.1, -0.05) is 17.7 Å². The zero-order chi connectivity index (χ0) is 22.4. The van der Waals surface area contributed by atoms with Crippen LogP contribution in [0.15, 0.2) is 53.4 Å². The molecule has 0 aliphatic carbocycles. The fraction of sp³-hybridized carbons (Fsp3) is 0.364. The maximum absolute atomic E-state index is 12.9. The van der Waals surface area contributed by atoms with Crippen molar-refractivity contribution in [3.05, 3.63) is 54.1 Å². The molecule has 1 aliphatic rings. The van der Waals surface area contributed by atoms with Gasteiger partial charge in [0, 0.05) is 24.5 Å². The van der Waals surface area contributed by atoms with E-state index in [0.29, 0.717) is 30.8 Å². The Hall–Kier alpha value is -2.91. The molecule has 0 radical (unpaired) electrons. The summed E-state index contributed by atoms with van der Waals surface area (Å²) in [5, 5.41) is 5.41. The molecule has 0 spiro atoms. The zero-order valence-electron chi connectivity index (χ0n) is 17.6. The number of aryl methyl sites for hydroxylation is 1. The Kier molecular flexibility index (Phi) is 7.29. The van der Waals surface area contributed by atoms with Crippen LogP contribution < -0.4 is 10.6 Å². The summed E-state index contributed by atoms with van der Waals surface area (Å²) in [5.74, 6) is -0.666. The molecule has 8 nitrogen and oxygen atoms in total. The van der Waals surface area contributed by atoms with Gasteiger partial charge in [-0.15, -0.1) is 0 Å². The molecule has 1 atom stereocenters. The molecular weight excluding hydrogens is 418 g/mol. The average Bonchev–Trinajstić information content (AvgIpc) is 2.75. The van der Waals surface area contributed by atoms with Crippen LogP contribution in [-0.4, -0.2) is 44.4 Å². The number of nitrogens with one attached hydrogen (secondary N) is 2. The van der Waals surface area contributed by atoms with Crippen LogP contribution in [0, 0.1) is 12.8 Å². The van der Waals surface area contributed by atoms with Gasteiger partial charge in [0.15, 0.2) is 0 Å². The SMILES string of the molecule is CCOC(=O)Nc1ccc(NC(=O)C2CCCN(S(=O)(=O)c3ccc(C)cc3)C2)cc1. The molecule has 1 heterocycles. The van der Waals surface area contributed by atoms with E-state index >= 15 is 0 Å². The fourth-order valence-corrected chi connectivity index (χ4v) is 4.92. The van der Waals surface area contributed by atoms with E-state index in [1.807, 2.05) is 6.92 Å². The first-order chi connectivity index (χ1) is 14.8. The Bertz CT molecular complexity index is 1020. The molecule has 1 aliphatic heterocycles. The molecule has 2 amide bonds. The highest BCUT2D eigenvalue weighted by Crippen LogP contribution is 2.25. The van der Waals surface area contributed by atoms with Crippen molar-refractivity contribution in [1.82, 2.24) is 4.31 Å². The summed E-state index contributed by atoms with van der Waals surface area (Å²) in [5.41, 5.74) is 2.10. The average molecular weight is 446 g/mol. The van der Waals surface area contributed by atoms with Crippen molar-refractivity contribution < 1.29 is 22.7 Å². The first kappa shape index (κ1) is 22.8. The van der Waals surface area contributed by atoms with Crippen molar-refractivity contribution >= 4 is 33.4 Å². The molecule has 9 heteroatoms. The number of benzene rings is 2. The van der Waals surface area contributed by atoms with Crippen molar-refractivity contribution in [2.75, 3.05) is 30.3 Å². The van der Waals surface area contributed by atoms with Crippen molar-refractivity contribution in [2.24, 2.45) is 5.92 Å². The minimum Gasteiger partial charge on any atom is -0.450 e. The van der Waals surface area contributed by atoms with Crippen LogP contribution in [0.5, 0.6) is 0 Å². The minimum absolute atomic E-state index is 0.143. The second-order valence-corrected chi connectivity index (χ2v) is 9.37. The predicted octanol–water partition coefficient (Wildman–Crippen LogP) is 3.60. The standard InChI is InChI=1S/C22H27N3O5S/c1-3-30-22(27)24-19-10-8-18(9-11-19)23-21(26)17-5-4-14-25(15-17)31(28,29)20-12-6-16(2)7-13-20/h6-13,17H,3-5,14-15H2,1-2H3,(H,23,26)(H,24,27). The van der Waals surface area contributed by atoms with E-state index in [-0.39, 0.29) is 24.0 Å². The monoisotopic (exact) mass is 445 g/mol. The summed E-state index contributed by atoms with van der Waals surface area (Å²) in [4.78, 5) is 24.4. The lowest BCUT2D eigenvalue weighted by Crippen LogP contribution is -2.43. The number of sulfonamides is 1. The number of carbonyl (C=O) groups excluding carboxylic acids is 2. The van der Waals surface area contributed by atoms with Gasteiger partial charge >= 0.3 is 6.09 Å². The van der Waals surface area contributed by atoms with Crippen LogP contribution in [0.3, 0.4) is 0 Å². The first-order valence-electron chi connectivity index (χ1n) is 10.2. The summed E-state index contributed by atoms with van der Waals surface area (Å²) in [7, 11) is -3.64. The van der Waals surface area contributed by atoms with Crippen LogP contribution in [0.4, 0.5) is 16.2 Å². The number of nitrogens with zero attached hydrogens (tertiary/aromatic N) is 1. The molecule has 1 unspecified atom stereocenters. The molecule has 0 saturated carbocycles. The number of rotatable bonds is 6. The molecule has 0 bridgehead atoms. The number of hydrogen-bond donors (Lipinski definition) is 2. The number of hydrogen-bond acceptors (Lipinski definition) is 5. The zero-order valence-corrected chi connectivity index (χ0v) is 18.4. The van der Waals surface area contributed by atoms with Gasteiger partial charge in [0.2, 0.25) is 15.9 Å². The van der Waals surface area contributed by atoms with Gasteiger partial charge in [-0.2, -0.15) is 4.31 Å². The summed E-state index contributed by atoms with van der Waals surface area (Å²) in [6.07, 6.45) is 0.691. The van der Waals surface area contributed by atoms with Crippen molar-refractivity contribution in [1.29, 1.82) is 0 Å². The third kappa shape index (κ3) is 5.83. The molecule has 2 N–H and O–H groups in total. The van der Waals surface area contributed by atoms with Gasteiger partial charge in [0.05, 0.1) is 17.4 Å². The van der Waals surface area contributed by atoms with Gasteiger partial charge in [-0.05, 0) is 63.1 Å². The first-order valence-corrected chi connectivity index (χ1v) is 11.6. The highest BCUT2D eigenvalue weighted by Gasteiger charge is 2.33. The van der Waals surface area contributed by atoms with Crippen molar-refractivity contribution in [3.63, 3.8) is 0 Å². The van der Waals surface area contributed by atoms with E-state index in [0.717, 1.165) is 5.56 Å². The molecule has 3 rings (SSSR count). The van der Waals surface area contributed by atoms with E-state index in [1.54, 1.807) is 55.5 Å². The number of amides is 2. The highest BCUT2D eigenvalue weighted by atomic mass is 32.2. The van der Waals surface area contributed by atoms with E-state index in [9.17, 15) is 18.0 Å². The Morgan fingerprint density at radius 2 is 1.65 bits per heavy atom. The maximum Gasteiger partial charge on any atom is 0.411 e. The normalized spacial score (nSPS) is 17.0. The number of carbonyl (C=O) groups is 2. The van der Waals surface area contributed by atoms with Gasteiger partial charge in [-0.3, -0.25) is 10.1 Å². The Morgan fingerprint density at radius 1 is 1.03 bits per heavy atom. The summed E-state index contributed by atoms with van der Waals surface area (Å²) in [6, 6.07) is 13.4. The summed E-state index contributed by atoms with van der Waals surface area (Å²) < 4.78 is 32.1. The van der Waals surface area contributed by atoms with Crippen molar-refractivity contribution in [3.8, 4) is 0 Å². The summed E-state index contributed by atoms with van der Waals surface area (Å²) >= 11 is 0. The molecule has 31 heavy (non-hydrogen) atoms. The molecule has 1 fully saturated rings. The second kappa shape index (κ2) is 9.93. The molecular formula is C22H27N3O5S. The number of anilines is 2. The van der Waals surface area contributed by atoms with E-state index in [1.165, 1.54) is 4.31 Å². The molecule has 2 aromatic carbocycles. The number of ether oxygens (including phenoxy) is 1. The largest absolute Gasteiger partial charge is 0.450 e. The summed E-state index contributed by atoms with van der Waals surface area (Å²) in [6.45, 7) is 4.44. The lowest BCUT2D eigenvalue weighted by Gasteiger charge is -2.31. The van der Waals surface area contributed by atoms with Gasteiger partial charge in [0.1, 0.15) is 0 Å². The van der Waals surface area contributed by atoms with Crippen LogP contribution in [0.2, 0.25) is 0 Å².